The summed E-state index contributed by atoms with van der Waals surface area (Å²) >= 11 is 1.37. The molecule has 1 aromatic heterocycles. The zero-order chi connectivity index (χ0) is 24.4. The van der Waals surface area contributed by atoms with Crippen molar-refractivity contribution in [1.29, 1.82) is 0 Å². The molecule has 1 aliphatic heterocycles. The second kappa shape index (κ2) is 9.83. The summed E-state index contributed by atoms with van der Waals surface area (Å²) in [5.41, 5.74) is 5.06. The van der Waals surface area contributed by atoms with Crippen molar-refractivity contribution in [2.75, 3.05) is 18.2 Å². The molecule has 0 spiro atoms. The minimum Gasteiger partial charge on any atom is -0.480 e. The molecule has 2 aliphatic rings. The molecule has 35 heavy (non-hydrogen) atoms. The number of aromatic nitrogens is 2. The number of carbonyl (C=O) groups excluding carboxylic acids is 2. The molecule has 3 N–H and O–H groups in total. The van der Waals surface area contributed by atoms with Gasteiger partial charge in [-0.3, -0.25) is 4.79 Å². The Hall–Kier alpha value is -3.79. The Balaban J connectivity index is 1.30. The van der Waals surface area contributed by atoms with Crippen molar-refractivity contribution in [3.8, 4) is 11.1 Å². The van der Waals surface area contributed by atoms with Gasteiger partial charge in [0.2, 0.25) is 5.91 Å². The van der Waals surface area contributed by atoms with E-state index in [2.05, 4.69) is 27.4 Å². The average molecular weight is 493 g/mol. The quantitative estimate of drug-likeness (QED) is 0.463. The maximum Gasteiger partial charge on any atom is 0.407 e. The van der Waals surface area contributed by atoms with Gasteiger partial charge in [-0.15, -0.1) is 11.8 Å². The van der Waals surface area contributed by atoms with Crippen molar-refractivity contribution in [2.45, 2.75) is 24.4 Å². The molecule has 2 heterocycles. The van der Waals surface area contributed by atoms with E-state index >= 15 is 0 Å². The van der Waals surface area contributed by atoms with E-state index in [0.29, 0.717) is 11.4 Å². The van der Waals surface area contributed by atoms with Crippen molar-refractivity contribution < 1.29 is 24.2 Å². The number of aromatic amines is 1. The maximum absolute atomic E-state index is 13.3. The molecule has 180 valence electrons. The number of carboxylic acid groups (broad SMARTS) is 1. The van der Waals surface area contributed by atoms with Crippen molar-refractivity contribution in [3.05, 3.63) is 77.9 Å². The summed E-state index contributed by atoms with van der Waals surface area (Å²) in [6, 6.07) is 14.1. The highest BCUT2D eigenvalue weighted by Crippen LogP contribution is 2.44. The number of aliphatic carboxylic acids is 1. The summed E-state index contributed by atoms with van der Waals surface area (Å²) in [5, 5.41) is 12.1. The first-order chi connectivity index (χ1) is 17.0. The number of hydrogen-bond donors (Lipinski definition) is 3. The first-order valence-electron chi connectivity index (χ1n) is 11.2. The molecule has 9 nitrogen and oxygen atoms in total. The Labute approximate surface area is 205 Å². The summed E-state index contributed by atoms with van der Waals surface area (Å²) < 4.78 is 5.61. The fourth-order valence-electron chi connectivity index (χ4n) is 4.66. The zero-order valence-electron chi connectivity index (χ0n) is 18.7. The predicted molar refractivity (Wildman–Crippen MR) is 130 cm³/mol. The van der Waals surface area contributed by atoms with E-state index in [0.717, 1.165) is 22.3 Å². The van der Waals surface area contributed by atoms with Crippen LogP contribution in [0, 0.1) is 0 Å². The highest BCUT2D eigenvalue weighted by atomic mass is 32.2. The molecule has 0 bridgehead atoms. The van der Waals surface area contributed by atoms with Crippen molar-refractivity contribution >= 4 is 29.7 Å². The average Bonchev–Trinajstić information content (AvgIpc) is 3.61. The monoisotopic (exact) mass is 492 g/mol. The van der Waals surface area contributed by atoms with Crippen LogP contribution < -0.4 is 5.32 Å². The minimum atomic E-state index is -1.07. The minimum absolute atomic E-state index is 0.110. The number of H-pyrrole nitrogens is 1. The molecule has 1 unspecified atom stereocenters. The predicted octanol–water partition coefficient (Wildman–Crippen LogP) is 2.85. The third-order valence-corrected chi connectivity index (χ3v) is 7.38. The van der Waals surface area contributed by atoms with Crippen LogP contribution in [0.1, 0.15) is 22.7 Å². The number of alkyl carbamates (subject to hydrolysis) is 1. The third kappa shape index (κ3) is 4.61. The van der Waals surface area contributed by atoms with Gasteiger partial charge in [0, 0.05) is 30.0 Å². The number of thioether (sulfide) groups is 1. The fourth-order valence-corrected chi connectivity index (χ4v) is 5.82. The van der Waals surface area contributed by atoms with Gasteiger partial charge in [-0.2, -0.15) is 0 Å². The Morgan fingerprint density at radius 2 is 1.83 bits per heavy atom. The van der Waals surface area contributed by atoms with Crippen LogP contribution in [0.15, 0.2) is 61.1 Å². The number of benzene rings is 2. The van der Waals surface area contributed by atoms with Gasteiger partial charge in [-0.05, 0) is 22.3 Å². The molecule has 5 rings (SSSR count). The summed E-state index contributed by atoms with van der Waals surface area (Å²) in [4.78, 5) is 45.9. The maximum atomic E-state index is 13.3. The van der Waals surface area contributed by atoms with Gasteiger partial charge in [0.15, 0.2) is 0 Å². The number of hydrogen-bond acceptors (Lipinski definition) is 6. The van der Waals surface area contributed by atoms with Crippen LogP contribution in [0.5, 0.6) is 0 Å². The lowest BCUT2D eigenvalue weighted by Gasteiger charge is -2.26. The number of nitrogens with one attached hydrogen (secondary N) is 2. The van der Waals surface area contributed by atoms with Crippen LogP contribution in [0.4, 0.5) is 4.79 Å². The highest BCUT2D eigenvalue weighted by molar-refractivity contribution is 7.99. The van der Waals surface area contributed by atoms with Crippen molar-refractivity contribution in [2.24, 2.45) is 0 Å². The van der Waals surface area contributed by atoms with E-state index in [4.69, 9.17) is 4.74 Å². The summed E-state index contributed by atoms with van der Waals surface area (Å²) in [5.74, 6) is -1.08. The van der Waals surface area contributed by atoms with Gasteiger partial charge in [0.25, 0.3) is 0 Å². The van der Waals surface area contributed by atoms with Gasteiger partial charge in [-0.1, -0.05) is 48.5 Å². The van der Waals surface area contributed by atoms with Crippen LogP contribution in [0.25, 0.3) is 11.1 Å². The van der Waals surface area contributed by atoms with Gasteiger partial charge in [0.1, 0.15) is 18.7 Å². The first-order valence-corrected chi connectivity index (χ1v) is 12.4. The van der Waals surface area contributed by atoms with Gasteiger partial charge < -0.3 is 25.0 Å². The molecule has 1 saturated heterocycles. The number of carbonyl (C=O) groups is 3. The van der Waals surface area contributed by atoms with E-state index in [-0.39, 0.29) is 24.8 Å². The highest BCUT2D eigenvalue weighted by Gasteiger charge is 2.38. The molecule has 2 amide bonds. The zero-order valence-corrected chi connectivity index (χ0v) is 19.5. The van der Waals surface area contributed by atoms with Crippen LogP contribution in [0.3, 0.4) is 0 Å². The largest absolute Gasteiger partial charge is 0.480 e. The second-order valence-corrected chi connectivity index (χ2v) is 9.47. The van der Waals surface area contributed by atoms with E-state index in [9.17, 15) is 19.5 Å². The lowest BCUT2D eigenvalue weighted by Crippen LogP contribution is -2.53. The van der Waals surface area contributed by atoms with E-state index < -0.39 is 30.1 Å². The second-order valence-electron chi connectivity index (χ2n) is 8.47. The summed E-state index contributed by atoms with van der Waals surface area (Å²) in [6.07, 6.45) is 2.45. The van der Waals surface area contributed by atoms with E-state index in [1.54, 1.807) is 6.20 Å². The molecular weight excluding hydrogens is 468 g/mol. The Bertz CT molecular complexity index is 1200. The number of carboxylic acids is 1. The number of amides is 2. The van der Waals surface area contributed by atoms with Gasteiger partial charge in [-0.25, -0.2) is 14.6 Å². The number of nitrogens with zero attached hydrogens (tertiary/aromatic N) is 2. The molecule has 1 fully saturated rings. The number of imidazole rings is 1. The van der Waals surface area contributed by atoms with Crippen LogP contribution in [-0.4, -0.2) is 68.3 Å². The lowest BCUT2D eigenvalue weighted by molar-refractivity contribution is -0.148. The fraction of sp³-hybridized carbons (Fsp3) is 0.280. The van der Waals surface area contributed by atoms with E-state index in [1.807, 2.05) is 36.4 Å². The molecule has 1 aliphatic carbocycles. The first kappa shape index (κ1) is 23.0. The SMILES string of the molecule is O=C(N[C@H](Cc1cnc[nH]1)C(=O)N1CSCC1C(=O)O)OCC1c2ccccc2-c2ccccc21. The Morgan fingerprint density at radius 3 is 2.46 bits per heavy atom. The Morgan fingerprint density at radius 1 is 1.14 bits per heavy atom. The molecule has 0 saturated carbocycles. The smallest absolute Gasteiger partial charge is 0.407 e. The molecule has 10 heteroatoms. The standard InChI is InChI=1S/C25H24N4O5S/c30-23(29-14-35-12-22(29)24(31)32)21(9-15-10-26-13-27-15)28-25(33)34-11-20-18-7-3-1-5-16(18)17-6-2-4-8-19(17)20/h1-8,10,13,20-22H,9,11-12,14H2,(H,26,27)(H,28,33)(H,31,32)/t21-,22?/m1/s1. The van der Waals surface area contributed by atoms with Crippen LogP contribution in [-0.2, 0) is 20.7 Å². The number of rotatable bonds is 7. The molecule has 3 aromatic rings. The van der Waals surface area contributed by atoms with Crippen LogP contribution in [0.2, 0.25) is 0 Å². The van der Waals surface area contributed by atoms with Gasteiger partial charge in [0.05, 0.1) is 12.2 Å². The van der Waals surface area contributed by atoms with Crippen molar-refractivity contribution in [1.82, 2.24) is 20.2 Å². The molecule has 2 aromatic carbocycles. The normalized spacial score (nSPS) is 17.5. The molecule has 0 radical (unpaired) electrons. The summed E-state index contributed by atoms with van der Waals surface area (Å²) in [7, 11) is 0. The topological polar surface area (TPSA) is 125 Å². The van der Waals surface area contributed by atoms with Crippen LogP contribution >= 0.6 is 11.8 Å². The third-order valence-electron chi connectivity index (χ3n) is 6.36. The lowest BCUT2D eigenvalue weighted by atomic mass is 9.98. The van der Waals surface area contributed by atoms with E-state index in [1.165, 1.54) is 23.0 Å². The molecule has 2 atom stereocenters. The van der Waals surface area contributed by atoms with Crippen molar-refractivity contribution in [3.63, 3.8) is 0 Å². The van der Waals surface area contributed by atoms with Gasteiger partial charge >= 0.3 is 12.1 Å². The molecular formula is C25H24N4O5S. The number of fused-ring (bicyclic) bond motifs is 3. The Kier molecular flexibility index (Phi) is 6.45. The number of ether oxygens (including phenoxy) is 1. The summed E-state index contributed by atoms with van der Waals surface area (Å²) in [6.45, 7) is 0.113.